The topological polar surface area (TPSA) is 65.8 Å². The van der Waals surface area contributed by atoms with Gasteiger partial charge >= 0.3 is 6.18 Å². The minimum absolute atomic E-state index is 0.191. The van der Waals surface area contributed by atoms with Crippen LogP contribution in [0, 0.1) is 11.8 Å². The molecule has 178 valence electrons. The van der Waals surface area contributed by atoms with Gasteiger partial charge in [-0.2, -0.15) is 13.2 Å². The quantitative estimate of drug-likeness (QED) is 0.729. The number of carbonyl (C=O) groups excluding carboxylic acids is 2. The first-order valence-corrected chi connectivity index (χ1v) is 11.2. The van der Waals surface area contributed by atoms with Crippen molar-refractivity contribution in [1.29, 1.82) is 0 Å². The lowest BCUT2D eigenvalue weighted by atomic mass is 9.82. The van der Waals surface area contributed by atoms with Gasteiger partial charge in [0.25, 0.3) is 5.91 Å². The molecule has 2 aliphatic heterocycles. The number of piperazine rings is 1. The van der Waals surface area contributed by atoms with E-state index in [2.05, 4.69) is 19.2 Å². The number of furan rings is 1. The van der Waals surface area contributed by atoms with Gasteiger partial charge in [-0.15, -0.1) is 0 Å². The molecule has 4 rings (SSSR count). The van der Waals surface area contributed by atoms with E-state index >= 15 is 0 Å². The van der Waals surface area contributed by atoms with E-state index in [-0.39, 0.29) is 30.0 Å². The Hall–Kier alpha value is -2.97. The first-order chi connectivity index (χ1) is 15.6. The van der Waals surface area contributed by atoms with Gasteiger partial charge in [0.1, 0.15) is 0 Å². The van der Waals surface area contributed by atoms with Gasteiger partial charge in [0.2, 0.25) is 5.91 Å². The van der Waals surface area contributed by atoms with Crippen molar-refractivity contribution >= 4 is 17.5 Å². The van der Waals surface area contributed by atoms with E-state index in [1.165, 1.54) is 12.3 Å². The molecule has 2 aliphatic rings. The predicted octanol–water partition coefficient (Wildman–Crippen LogP) is 3.96. The molecule has 2 atom stereocenters. The first kappa shape index (κ1) is 23.2. The zero-order chi connectivity index (χ0) is 23.8. The van der Waals surface area contributed by atoms with Gasteiger partial charge < -0.3 is 19.5 Å². The molecular formula is C24H28F3N3O3. The number of carbonyl (C=O) groups is 2. The van der Waals surface area contributed by atoms with E-state index < -0.39 is 17.7 Å². The second-order valence-electron chi connectivity index (χ2n) is 9.11. The van der Waals surface area contributed by atoms with Crippen LogP contribution in [0.4, 0.5) is 18.9 Å². The maximum Gasteiger partial charge on any atom is 0.416 e. The number of alkyl halides is 3. The summed E-state index contributed by atoms with van der Waals surface area (Å²) in [5.74, 6) is -0.370. The fourth-order valence-corrected chi connectivity index (χ4v) is 4.66. The zero-order valence-corrected chi connectivity index (χ0v) is 18.7. The SMILES string of the molecule is CC(C)CCNC(=O)[C@H]1Cc2cc(C(F)(F)F)ccc2N2CCN(C(=O)c3ccco3)C[C@H]12. The van der Waals surface area contributed by atoms with Crippen molar-refractivity contribution in [2.24, 2.45) is 11.8 Å². The molecule has 6 nitrogen and oxygen atoms in total. The number of anilines is 1. The summed E-state index contributed by atoms with van der Waals surface area (Å²) in [6.07, 6.45) is -2.01. The molecule has 9 heteroatoms. The van der Waals surface area contributed by atoms with Crippen molar-refractivity contribution in [3.8, 4) is 0 Å². The van der Waals surface area contributed by atoms with Crippen molar-refractivity contribution < 1.29 is 27.2 Å². The number of halogens is 3. The molecule has 33 heavy (non-hydrogen) atoms. The second kappa shape index (κ2) is 9.11. The molecule has 2 aromatic rings. The Kier molecular flexibility index (Phi) is 6.41. The van der Waals surface area contributed by atoms with Crippen LogP contribution in [0.3, 0.4) is 0 Å². The molecule has 0 spiro atoms. The number of benzene rings is 1. The molecule has 2 amide bonds. The monoisotopic (exact) mass is 463 g/mol. The summed E-state index contributed by atoms with van der Waals surface area (Å²) in [5, 5.41) is 2.95. The van der Waals surface area contributed by atoms with Crippen LogP contribution in [0.5, 0.6) is 0 Å². The van der Waals surface area contributed by atoms with E-state index in [9.17, 15) is 22.8 Å². The van der Waals surface area contributed by atoms with E-state index in [0.29, 0.717) is 43.3 Å². The number of fused-ring (bicyclic) bond motifs is 3. The van der Waals surface area contributed by atoms with Crippen LogP contribution < -0.4 is 10.2 Å². The Balaban J connectivity index is 1.62. The van der Waals surface area contributed by atoms with Crippen molar-refractivity contribution in [1.82, 2.24) is 10.2 Å². The van der Waals surface area contributed by atoms with Gasteiger partial charge in [-0.25, -0.2) is 0 Å². The van der Waals surface area contributed by atoms with Crippen LogP contribution in [0.2, 0.25) is 0 Å². The lowest BCUT2D eigenvalue weighted by molar-refractivity contribution is -0.137. The molecule has 0 radical (unpaired) electrons. The third kappa shape index (κ3) is 4.86. The lowest BCUT2D eigenvalue weighted by Crippen LogP contribution is -2.62. The lowest BCUT2D eigenvalue weighted by Gasteiger charge is -2.49. The summed E-state index contributed by atoms with van der Waals surface area (Å²) >= 11 is 0. The molecule has 0 unspecified atom stereocenters. The third-order valence-corrected chi connectivity index (χ3v) is 6.42. The van der Waals surface area contributed by atoms with Gasteiger partial charge in [-0.05, 0) is 54.7 Å². The van der Waals surface area contributed by atoms with Gasteiger partial charge in [0, 0.05) is 31.9 Å². The number of nitrogens with one attached hydrogen (secondary N) is 1. The normalized spacial score (nSPS) is 20.4. The van der Waals surface area contributed by atoms with Crippen molar-refractivity contribution in [3.05, 3.63) is 53.5 Å². The largest absolute Gasteiger partial charge is 0.459 e. The Morgan fingerprint density at radius 1 is 1.21 bits per heavy atom. The highest BCUT2D eigenvalue weighted by atomic mass is 19.4. The van der Waals surface area contributed by atoms with Gasteiger partial charge in [-0.3, -0.25) is 9.59 Å². The average molecular weight is 464 g/mol. The van der Waals surface area contributed by atoms with E-state index in [1.807, 2.05) is 4.90 Å². The highest BCUT2D eigenvalue weighted by Gasteiger charge is 2.43. The highest BCUT2D eigenvalue weighted by Crippen LogP contribution is 2.40. The number of nitrogens with zero attached hydrogens (tertiary/aromatic N) is 2. The van der Waals surface area contributed by atoms with Crippen LogP contribution in [0.15, 0.2) is 41.0 Å². The van der Waals surface area contributed by atoms with Crippen LogP contribution in [0.25, 0.3) is 0 Å². The van der Waals surface area contributed by atoms with Crippen LogP contribution in [-0.2, 0) is 17.4 Å². The third-order valence-electron chi connectivity index (χ3n) is 6.42. The van der Waals surface area contributed by atoms with Crippen LogP contribution in [-0.4, -0.2) is 48.9 Å². The summed E-state index contributed by atoms with van der Waals surface area (Å²) in [4.78, 5) is 29.6. The number of rotatable bonds is 5. The Morgan fingerprint density at radius 2 is 2.00 bits per heavy atom. The Labute approximate surface area is 190 Å². The van der Waals surface area contributed by atoms with Crippen LogP contribution in [0.1, 0.15) is 41.9 Å². The van der Waals surface area contributed by atoms with E-state index in [0.717, 1.165) is 18.6 Å². The summed E-state index contributed by atoms with van der Waals surface area (Å²) in [7, 11) is 0. The van der Waals surface area contributed by atoms with E-state index in [4.69, 9.17) is 4.42 Å². The molecular weight excluding hydrogens is 435 g/mol. The number of amides is 2. The summed E-state index contributed by atoms with van der Waals surface area (Å²) in [6.45, 7) is 5.72. The van der Waals surface area contributed by atoms with Crippen molar-refractivity contribution in [3.63, 3.8) is 0 Å². The predicted molar refractivity (Wildman–Crippen MR) is 117 cm³/mol. The van der Waals surface area contributed by atoms with Gasteiger partial charge in [0.15, 0.2) is 5.76 Å². The smallest absolute Gasteiger partial charge is 0.416 e. The Morgan fingerprint density at radius 3 is 2.67 bits per heavy atom. The molecule has 1 N–H and O–H groups in total. The maximum absolute atomic E-state index is 13.3. The van der Waals surface area contributed by atoms with Crippen LogP contribution >= 0.6 is 0 Å². The minimum Gasteiger partial charge on any atom is -0.459 e. The zero-order valence-electron chi connectivity index (χ0n) is 18.7. The molecule has 0 bridgehead atoms. The average Bonchev–Trinajstić information content (AvgIpc) is 3.31. The second-order valence-corrected chi connectivity index (χ2v) is 9.11. The maximum atomic E-state index is 13.3. The first-order valence-electron chi connectivity index (χ1n) is 11.2. The molecule has 1 saturated heterocycles. The summed E-state index contributed by atoms with van der Waals surface area (Å²) in [6, 6.07) is 6.63. The summed E-state index contributed by atoms with van der Waals surface area (Å²) < 4.78 is 45.2. The Bertz CT molecular complexity index is 1000. The molecule has 0 aliphatic carbocycles. The minimum atomic E-state index is -4.45. The highest BCUT2D eigenvalue weighted by molar-refractivity contribution is 5.92. The van der Waals surface area contributed by atoms with Crippen molar-refractivity contribution in [2.45, 2.75) is 38.9 Å². The fraction of sp³-hybridized carbons (Fsp3) is 0.500. The molecule has 1 fully saturated rings. The molecule has 1 aromatic carbocycles. The number of hydrogen-bond acceptors (Lipinski definition) is 4. The molecule has 1 aromatic heterocycles. The molecule has 3 heterocycles. The van der Waals surface area contributed by atoms with Gasteiger partial charge in [-0.1, -0.05) is 13.8 Å². The standard InChI is InChI=1S/C24H28F3N3O3/c1-15(2)7-8-28-22(31)18-13-16-12-17(24(25,26)27)5-6-19(16)30-10-9-29(14-20(18)30)23(32)21-4-3-11-33-21/h3-6,11-12,15,18,20H,7-10,13-14H2,1-2H3,(H,28,31)/t18-,20+/m0/s1. The fourth-order valence-electron chi connectivity index (χ4n) is 4.66. The van der Waals surface area contributed by atoms with E-state index in [1.54, 1.807) is 17.0 Å². The van der Waals surface area contributed by atoms with Gasteiger partial charge in [0.05, 0.1) is 23.8 Å². The summed E-state index contributed by atoms with van der Waals surface area (Å²) in [5.41, 5.74) is 0.491. The number of hydrogen-bond donors (Lipinski definition) is 1. The van der Waals surface area contributed by atoms with Crippen molar-refractivity contribution in [2.75, 3.05) is 31.1 Å². The molecule has 0 saturated carbocycles.